The predicted octanol–water partition coefficient (Wildman–Crippen LogP) is 4.08. The molecule has 0 radical (unpaired) electrons. The molecule has 42 heavy (non-hydrogen) atoms. The summed E-state index contributed by atoms with van der Waals surface area (Å²) in [6, 6.07) is 10.4. The van der Waals surface area contributed by atoms with E-state index in [0.717, 1.165) is 6.07 Å². The molecule has 14 heteroatoms. The van der Waals surface area contributed by atoms with Crippen LogP contribution in [-0.4, -0.2) is 68.9 Å². The van der Waals surface area contributed by atoms with Crippen LogP contribution < -0.4 is 20.7 Å². The molecule has 0 unspecified atom stereocenters. The van der Waals surface area contributed by atoms with Gasteiger partial charge in [0.25, 0.3) is 0 Å². The molecule has 2 aromatic carbocycles. The molecular formula is C28H29F2N7O4S. The number of likely N-dealkylation sites (tertiary alicyclic amines) is 1. The quantitative estimate of drug-likeness (QED) is 0.348. The van der Waals surface area contributed by atoms with Crippen LogP contribution in [0.4, 0.5) is 25.2 Å². The number of halogens is 2. The van der Waals surface area contributed by atoms with E-state index in [0.29, 0.717) is 31.5 Å². The lowest BCUT2D eigenvalue weighted by atomic mass is 10.0. The molecule has 0 saturated carbocycles. The van der Waals surface area contributed by atoms with Crippen LogP contribution in [0.2, 0.25) is 0 Å². The minimum absolute atomic E-state index is 0.000839. The Morgan fingerprint density at radius 3 is 2.45 bits per heavy atom. The van der Waals surface area contributed by atoms with Crippen LogP contribution in [-0.2, 0) is 16.0 Å². The third-order valence-electron chi connectivity index (χ3n) is 6.56. The van der Waals surface area contributed by atoms with Crippen molar-refractivity contribution in [2.45, 2.75) is 32.2 Å². The van der Waals surface area contributed by atoms with Gasteiger partial charge in [-0.05, 0) is 54.9 Å². The van der Waals surface area contributed by atoms with Crippen LogP contribution in [0.1, 0.15) is 25.3 Å². The summed E-state index contributed by atoms with van der Waals surface area (Å²) in [7, 11) is 1.66. The summed E-state index contributed by atoms with van der Waals surface area (Å²) in [6.45, 7) is 2.68. The van der Waals surface area contributed by atoms with Crippen LogP contribution >= 0.6 is 12.2 Å². The second kappa shape index (κ2) is 13.8. The molecule has 0 bridgehead atoms. The van der Waals surface area contributed by atoms with Gasteiger partial charge in [0.05, 0.1) is 6.42 Å². The first kappa shape index (κ1) is 30.2. The number of piperidine rings is 1. The number of hydrogen-bond acceptors (Lipinski definition) is 7. The van der Waals surface area contributed by atoms with E-state index in [-0.39, 0.29) is 46.7 Å². The maximum Gasteiger partial charge on any atom is 0.324 e. The van der Waals surface area contributed by atoms with Crippen molar-refractivity contribution in [3.8, 4) is 11.6 Å². The first-order chi connectivity index (χ1) is 20.1. The van der Waals surface area contributed by atoms with E-state index in [1.165, 1.54) is 55.6 Å². The molecule has 4 rings (SSSR count). The van der Waals surface area contributed by atoms with Crippen molar-refractivity contribution >= 4 is 46.8 Å². The predicted molar refractivity (Wildman–Crippen MR) is 155 cm³/mol. The Bertz CT molecular complexity index is 1470. The lowest BCUT2D eigenvalue weighted by Gasteiger charge is -2.36. The van der Waals surface area contributed by atoms with Crippen molar-refractivity contribution in [2.24, 2.45) is 0 Å². The van der Waals surface area contributed by atoms with Crippen LogP contribution in [0.25, 0.3) is 0 Å². The number of hydrogen-bond donors (Lipinski definition) is 3. The van der Waals surface area contributed by atoms with E-state index in [1.54, 1.807) is 16.8 Å². The zero-order valence-corrected chi connectivity index (χ0v) is 23.7. The van der Waals surface area contributed by atoms with Crippen molar-refractivity contribution in [1.29, 1.82) is 0 Å². The molecule has 1 aromatic heterocycles. The maximum atomic E-state index is 14.8. The number of nitrogens with one attached hydrogen (secondary N) is 3. The summed E-state index contributed by atoms with van der Waals surface area (Å²) in [5.74, 6) is -1.71. The number of anilines is 2. The molecule has 4 amide bonds. The Balaban J connectivity index is 1.29. The molecule has 11 nitrogen and oxygen atoms in total. The Kier molecular flexibility index (Phi) is 9.91. The zero-order chi connectivity index (χ0) is 30.2. The van der Waals surface area contributed by atoms with Crippen molar-refractivity contribution in [3.05, 3.63) is 71.9 Å². The average Bonchev–Trinajstić information content (AvgIpc) is 2.95. The number of ether oxygens (including phenoxy) is 1. The zero-order valence-electron chi connectivity index (χ0n) is 22.9. The fourth-order valence-corrected chi connectivity index (χ4v) is 4.50. The summed E-state index contributed by atoms with van der Waals surface area (Å²) < 4.78 is 33.4. The van der Waals surface area contributed by atoms with Gasteiger partial charge in [0.1, 0.15) is 5.82 Å². The van der Waals surface area contributed by atoms with Crippen molar-refractivity contribution in [3.63, 3.8) is 0 Å². The molecule has 1 aliphatic heterocycles. The van der Waals surface area contributed by atoms with Crippen LogP contribution in [0, 0.1) is 11.6 Å². The highest BCUT2D eigenvalue weighted by Crippen LogP contribution is 2.26. The molecule has 1 saturated heterocycles. The minimum atomic E-state index is -0.735. The maximum absolute atomic E-state index is 14.8. The third kappa shape index (κ3) is 8.39. The summed E-state index contributed by atoms with van der Waals surface area (Å²) >= 11 is 5.13. The number of aromatic nitrogens is 2. The molecule has 1 fully saturated rings. The largest absolute Gasteiger partial charge is 0.436 e. The molecule has 0 aliphatic carbocycles. The summed E-state index contributed by atoms with van der Waals surface area (Å²) in [5, 5.41) is 7.78. The van der Waals surface area contributed by atoms with E-state index in [9.17, 15) is 23.2 Å². The first-order valence-corrected chi connectivity index (χ1v) is 13.4. The third-order valence-corrected chi connectivity index (χ3v) is 6.77. The molecule has 3 aromatic rings. The second-order valence-electron chi connectivity index (χ2n) is 9.55. The van der Waals surface area contributed by atoms with E-state index in [1.807, 2.05) is 0 Å². The van der Waals surface area contributed by atoms with Crippen LogP contribution in [0.15, 0.2) is 54.7 Å². The van der Waals surface area contributed by atoms with Crippen molar-refractivity contribution in [2.75, 3.05) is 30.8 Å². The van der Waals surface area contributed by atoms with E-state index in [2.05, 4.69) is 25.9 Å². The van der Waals surface area contributed by atoms with Gasteiger partial charge in [0, 0.05) is 57.1 Å². The van der Waals surface area contributed by atoms with Gasteiger partial charge in [-0.1, -0.05) is 12.1 Å². The highest BCUT2D eigenvalue weighted by atomic mass is 32.1. The average molecular weight is 598 g/mol. The Hall–Kier alpha value is -4.72. The van der Waals surface area contributed by atoms with Crippen LogP contribution in [0.3, 0.4) is 0 Å². The number of carbonyl (C=O) groups excluding carboxylic acids is 3. The van der Waals surface area contributed by atoms with Gasteiger partial charge >= 0.3 is 6.03 Å². The fourth-order valence-electron chi connectivity index (χ4n) is 4.27. The Morgan fingerprint density at radius 1 is 1.07 bits per heavy atom. The molecule has 2 heterocycles. The molecule has 0 atom stereocenters. The first-order valence-electron chi connectivity index (χ1n) is 13.0. The molecule has 3 N–H and O–H groups in total. The van der Waals surface area contributed by atoms with E-state index >= 15 is 0 Å². The van der Waals surface area contributed by atoms with Gasteiger partial charge in [-0.3, -0.25) is 14.9 Å². The number of benzene rings is 2. The summed E-state index contributed by atoms with van der Waals surface area (Å²) in [4.78, 5) is 47.9. The highest BCUT2D eigenvalue weighted by Gasteiger charge is 2.26. The molecule has 220 valence electrons. The van der Waals surface area contributed by atoms with E-state index < -0.39 is 23.6 Å². The highest BCUT2D eigenvalue weighted by molar-refractivity contribution is 7.80. The monoisotopic (exact) mass is 597 g/mol. The Labute approximate surface area is 246 Å². The summed E-state index contributed by atoms with van der Waals surface area (Å²) in [6.07, 6.45) is 2.67. The number of nitrogens with zero attached hydrogens (tertiary/aromatic N) is 4. The number of carbonyl (C=O) groups is 3. The van der Waals surface area contributed by atoms with Crippen LogP contribution in [0.5, 0.6) is 11.6 Å². The molecular weight excluding hydrogens is 568 g/mol. The van der Waals surface area contributed by atoms with Gasteiger partial charge in [0.2, 0.25) is 23.6 Å². The van der Waals surface area contributed by atoms with Gasteiger partial charge in [0.15, 0.2) is 16.7 Å². The Morgan fingerprint density at radius 2 is 1.79 bits per heavy atom. The standard InChI is InChI=1S/C28H29F2N7O4S/c1-17(38)37-13-10-21(11-14-37)36(2)28(40)35-26-31-12-9-25(34-26)41-23-8-7-20(16-22(23)30)32-27(42)33-24(39)15-18-3-5-19(29)6-4-18/h3-9,12,16,21H,10-11,13-15H2,1-2H3,(H,31,34,35,40)(H2,32,33,39,42). The van der Waals surface area contributed by atoms with Gasteiger partial charge in [-0.25, -0.2) is 18.6 Å². The van der Waals surface area contributed by atoms with Gasteiger partial charge < -0.3 is 25.2 Å². The number of amides is 4. The molecule has 1 aliphatic rings. The van der Waals surface area contributed by atoms with Crippen molar-refractivity contribution < 1.29 is 27.9 Å². The minimum Gasteiger partial charge on any atom is -0.436 e. The SMILES string of the molecule is CC(=O)N1CCC(N(C)C(=O)Nc2nccc(Oc3ccc(NC(=S)NC(=O)Cc4ccc(F)cc4)cc3F)n2)CC1. The smallest absolute Gasteiger partial charge is 0.324 e. The lowest BCUT2D eigenvalue weighted by Crippen LogP contribution is -2.48. The fraction of sp³-hybridized carbons (Fsp3) is 0.286. The lowest BCUT2D eigenvalue weighted by molar-refractivity contribution is -0.130. The number of urea groups is 1. The van der Waals surface area contributed by atoms with E-state index in [4.69, 9.17) is 17.0 Å². The molecule has 0 spiro atoms. The number of rotatable bonds is 7. The normalized spacial score (nSPS) is 13.2. The van der Waals surface area contributed by atoms with Gasteiger partial charge in [-0.2, -0.15) is 4.98 Å². The topological polar surface area (TPSA) is 129 Å². The summed E-state index contributed by atoms with van der Waals surface area (Å²) in [5.41, 5.74) is 0.870. The van der Waals surface area contributed by atoms with Crippen molar-refractivity contribution in [1.82, 2.24) is 25.1 Å². The second-order valence-corrected chi connectivity index (χ2v) is 9.96. The number of thiocarbonyl (C=S) groups is 1. The van der Waals surface area contributed by atoms with Gasteiger partial charge in [-0.15, -0.1) is 0 Å².